The molecule has 0 radical (unpaired) electrons. The number of hydrogen-bond acceptors (Lipinski definition) is 5. The quantitative estimate of drug-likeness (QED) is 0.806. The van der Waals surface area contributed by atoms with E-state index < -0.39 is 5.91 Å². The fourth-order valence-corrected chi connectivity index (χ4v) is 3.53. The summed E-state index contributed by atoms with van der Waals surface area (Å²) >= 11 is 1.31. The van der Waals surface area contributed by atoms with Crippen LogP contribution in [0.1, 0.15) is 20.9 Å². The van der Waals surface area contributed by atoms with E-state index in [-0.39, 0.29) is 0 Å². The maximum absolute atomic E-state index is 11.5. The molecule has 0 aliphatic carbocycles. The van der Waals surface area contributed by atoms with Gasteiger partial charge in [0.15, 0.2) is 5.82 Å². The Morgan fingerprint density at radius 1 is 1.18 bits per heavy atom. The van der Waals surface area contributed by atoms with Crippen molar-refractivity contribution < 1.29 is 9.53 Å². The zero-order valence-electron chi connectivity index (χ0n) is 12.5. The Hall–Kier alpha value is -2.47. The van der Waals surface area contributed by atoms with E-state index in [0.717, 1.165) is 32.8 Å². The molecule has 0 saturated carbocycles. The van der Waals surface area contributed by atoms with Gasteiger partial charge in [-0.05, 0) is 43.7 Å². The van der Waals surface area contributed by atoms with Gasteiger partial charge in [-0.15, -0.1) is 11.3 Å². The van der Waals surface area contributed by atoms with Crippen molar-refractivity contribution in [3.05, 3.63) is 40.4 Å². The molecule has 0 spiro atoms. The molecule has 1 aromatic carbocycles. The predicted octanol–water partition coefficient (Wildman–Crippen LogP) is 3.08. The minimum atomic E-state index is -0.425. The summed E-state index contributed by atoms with van der Waals surface area (Å²) in [4.78, 5) is 22.0. The SMILES string of the molecule is COc1ccc(-c2nc(C)c3c(C)c(C(N)=O)sc3n2)cc1. The second-order valence-corrected chi connectivity index (χ2v) is 5.96. The van der Waals surface area contributed by atoms with E-state index >= 15 is 0 Å². The van der Waals surface area contributed by atoms with Gasteiger partial charge in [0, 0.05) is 10.9 Å². The third-order valence-corrected chi connectivity index (χ3v) is 4.74. The van der Waals surface area contributed by atoms with Crippen LogP contribution in [0.25, 0.3) is 21.6 Å². The Morgan fingerprint density at radius 2 is 1.86 bits per heavy atom. The number of nitrogens with zero attached hydrogens (tertiary/aromatic N) is 2. The number of aryl methyl sites for hydroxylation is 2. The van der Waals surface area contributed by atoms with Crippen molar-refractivity contribution in [1.29, 1.82) is 0 Å². The molecule has 0 bridgehead atoms. The van der Waals surface area contributed by atoms with E-state index in [0.29, 0.717) is 10.7 Å². The fraction of sp³-hybridized carbons (Fsp3) is 0.188. The van der Waals surface area contributed by atoms with Gasteiger partial charge in [0.05, 0.1) is 17.7 Å². The summed E-state index contributed by atoms with van der Waals surface area (Å²) < 4.78 is 5.15. The van der Waals surface area contributed by atoms with Crippen molar-refractivity contribution in [3.8, 4) is 17.1 Å². The highest BCUT2D eigenvalue weighted by molar-refractivity contribution is 7.20. The summed E-state index contributed by atoms with van der Waals surface area (Å²) in [6.07, 6.45) is 0. The number of nitrogens with two attached hydrogens (primary N) is 1. The maximum atomic E-state index is 11.5. The lowest BCUT2D eigenvalue weighted by Gasteiger charge is -2.05. The van der Waals surface area contributed by atoms with Gasteiger partial charge >= 0.3 is 0 Å². The molecule has 0 unspecified atom stereocenters. The number of ether oxygens (including phenoxy) is 1. The van der Waals surface area contributed by atoms with Crippen LogP contribution in [0.15, 0.2) is 24.3 Å². The van der Waals surface area contributed by atoms with Gasteiger partial charge in [0.1, 0.15) is 10.6 Å². The minimum absolute atomic E-state index is 0.425. The second-order valence-electron chi connectivity index (χ2n) is 4.96. The van der Waals surface area contributed by atoms with E-state index in [1.165, 1.54) is 11.3 Å². The first-order valence-corrected chi connectivity index (χ1v) is 7.55. The lowest BCUT2D eigenvalue weighted by atomic mass is 10.1. The first kappa shape index (κ1) is 14.5. The summed E-state index contributed by atoms with van der Waals surface area (Å²) in [6, 6.07) is 7.56. The molecule has 0 aliphatic rings. The number of aromatic nitrogens is 2. The molecular formula is C16H15N3O2S. The molecule has 22 heavy (non-hydrogen) atoms. The number of benzene rings is 1. The molecule has 2 N–H and O–H groups in total. The molecule has 112 valence electrons. The van der Waals surface area contributed by atoms with Gasteiger partial charge in [-0.2, -0.15) is 0 Å². The molecule has 5 nitrogen and oxygen atoms in total. The van der Waals surface area contributed by atoms with Crippen LogP contribution >= 0.6 is 11.3 Å². The molecule has 2 heterocycles. The van der Waals surface area contributed by atoms with Gasteiger partial charge in [0.2, 0.25) is 0 Å². The van der Waals surface area contributed by atoms with Gasteiger partial charge in [0.25, 0.3) is 5.91 Å². The Morgan fingerprint density at radius 3 is 2.45 bits per heavy atom. The maximum Gasteiger partial charge on any atom is 0.259 e. The third kappa shape index (κ3) is 2.31. The van der Waals surface area contributed by atoms with E-state index in [2.05, 4.69) is 9.97 Å². The van der Waals surface area contributed by atoms with Crippen molar-refractivity contribution in [1.82, 2.24) is 9.97 Å². The first-order valence-electron chi connectivity index (χ1n) is 6.73. The van der Waals surface area contributed by atoms with Gasteiger partial charge in [-0.25, -0.2) is 9.97 Å². The van der Waals surface area contributed by atoms with Crippen LogP contribution in [0.2, 0.25) is 0 Å². The smallest absolute Gasteiger partial charge is 0.259 e. The van der Waals surface area contributed by atoms with Crippen LogP contribution < -0.4 is 10.5 Å². The third-order valence-electron chi connectivity index (χ3n) is 3.54. The monoisotopic (exact) mass is 313 g/mol. The van der Waals surface area contributed by atoms with Gasteiger partial charge in [-0.3, -0.25) is 4.79 Å². The summed E-state index contributed by atoms with van der Waals surface area (Å²) in [5.74, 6) is 0.986. The number of primary amides is 1. The Kier molecular flexibility index (Phi) is 3.54. The average Bonchev–Trinajstić information content (AvgIpc) is 2.85. The minimum Gasteiger partial charge on any atom is -0.497 e. The van der Waals surface area contributed by atoms with Crippen LogP contribution in [0.3, 0.4) is 0 Å². The van der Waals surface area contributed by atoms with E-state index in [1.54, 1.807) is 7.11 Å². The summed E-state index contributed by atoms with van der Waals surface area (Å²) in [7, 11) is 1.63. The zero-order chi connectivity index (χ0) is 15.9. The molecular weight excluding hydrogens is 298 g/mol. The van der Waals surface area contributed by atoms with Crippen LogP contribution in [0, 0.1) is 13.8 Å². The number of carbonyl (C=O) groups is 1. The van der Waals surface area contributed by atoms with E-state index in [4.69, 9.17) is 10.5 Å². The topological polar surface area (TPSA) is 78.1 Å². The molecule has 0 fully saturated rings. The van der Waals surface area contributed by atoms with Crippen molar-refractivity contribution in [2.24, 2.45) is 5.73 Å². The molecule has 6 heteroatoms. The highest BCUT2D eigenvalue weighted by Crippen LogP contribution is 2.32. The van der Waals surface area contributed by atoms with E-state index in [1.807, 2.05) is 38.1 Å². The van der Waals surface area contributed by atoms with Crippen LogP contribution in [0.5, 0.6) is 5.75 Å². The summed E-state index contributed by atoms with van der Waals surface area (Å²) in [5, 5.41) is 0.913. The van der Waals surface area contributed by atoms with Crippen LogP contribution in [-0.2, 0) is 0 Å². The number of fused-ring (bicyclic) bond motifs is 1. The lowest BCUT2D eigenvalue weighted by molar-refractivity contribution is 0.100. The standard InChI is InChI=1S/C16H15N3O2S/c1-8-12-9(2)18-15(10-4-6-11(21-3)7-5-10)19-16(12)22-13(8)14(17)20/h4-7H,1-3H3,(H2,17,20). The van der Waals surface area contributed by atoms with Crippen LogP contribution in [-0.4, -0.2) is 23.0 Å². The zero-order valence-corrected chi connectivity index (χ0v) is 13.3. The van der Waals surface area contributed by atoms with E-state index in [9.17, 15) is 4.79 Å². The molecule has 0 saturated heterocycles. The number of rotatable bonds is 3. The Bertz CT molecular complexity index is 869. The number of carbonyl (C=O) groups excluding carboxylic acids is 1. The summed E-state index contributed by atoms with van der Waals surface area (Å²) in [6.45, 7) is 3.80. The first-order chi connectivity index (χ1) is 10.5. The predicted molar refractivity (Wildman–Crippen MR) is 87.4 cm³/mol. The average molecular weight is 313 g/mol. The molecule has 0 atom stereocenters. The largest absolute Gasteiger partial charge is 0.497 e. The summed E-state index contributed by atoms with van der Waals surface area (Å²) in [5.41, 5.74) is 8.02. The van der Waals surface area contributed by atoms with Crippen LogP contribution in [0.4, 0.5) is 0 Å². The molecule has 2 aromatic heterocycles. The number of amides is 1. The normalized spacial score (nSPS) is 10.9. The van der Waals surface area contributed by atoms with Crippen molar-refractivity contribution in [2.75, 3.05) is 7.11 Å². The Labute approximate surface area is 131 Å². The number of methoxy groups -OCH3 is 1. The number of hydrogen-bond donors (Lipinski definition) is 1. The fourth-order valence-electron chi connectivity index (χ4n) is 2.44. The van der Waals surface area contributed by atoms with Gasteiger partial charge in [-0.1, -0.05) is 0 Å². The highest BCUT2D eigenvalue weighted by atomic mass is 32.1. The molecule has 3 rings (SSSR count). The highest BCUT2D eigenvalue weighted by Gasteiger charge is 2.17. The van der Waals surface area contributed by atoms with Gasteiger partial charge < -0.3 is 10.5 Å². The number of thiophene rings is 1. The Balaban J connectivity index is 2.17. The lowest BCUT2D eigenvalue weighted by Crippen LogP contribution is -2.09. The van der Waals surface area contributed by atoms with Crippen molar-refractivity contribution >= 4 is 27.5 Å². The molecule has 1 amide bonds. The van der Waals surface area contributed by atoms with Crippen molar-refractivity contribution in [3.63, 3.8) is 0 Å². The molecule has 0 aliphatic heterocycles. The molecule has 3 aromatic rings. The second kappa shape index (κ2) is 5.38. The van der Waals surface area contributed by atoms with Crippen molar-refractivity contribution in [2.45, 2.75) is 13.8 Å².